The van der Waals surface area contributed by atoms with Gasteiger partial charge in [0.05, 0.1) is 25.9 Å². The van der Waals surface area contributed by atoms with Crippen LogP contribution >= 0.6 is 0 Å². The molecule has 8 heteroatoms. The Bertz CT molecular complexity index is 1060. The first-order valence-electron chi connectivity index (χ1n) is 11.0. The minimum absolute atomic E-state index is 0.00210. The molecular formula is C24H30N2O5S. The largest absolute Gasteiger partial charge is 0.495 e. The second-order valence-corrected chi connectivity index (χ2v) is 10.4. The summed E-state index contributed by atoms with van der Waals surface area (Å²) in [5, 5.41) is 0. The van der Waals surface area contributed by atoms with Crippen molar-refractivity contribution in [3.8, 4) is 5.75 Å². The predicted molar refractivity (Wildman–Crippen MR) is 121 cm³/mol. The van der Waals surface area contributed by atoms with Gasteiger partial charge in [0.15, 0.2) is 0 Å². The number of hydrogen-bond donors (Lipinski definition) is 0. The van der Waals surface area contributed by atoms with Crippen LogP contribution in [0.4, 0.5) is 0 Å². The maximum absolute atomic E-state index is 13.4. The summed E-state index contributed by atoms with van der Waals surface area (Å²) in [6, 6.07) is 14.1. The highest BCUT2D eigenvalue weighted by Gasteiger charge is 2.37. The van der Waals surface area contributed by atoms with Gasteiger partial charge >= 0.3 is 0 Å². The van der Waals surface area contributed by atoms with Gasteiger partial charge in [0.2, 0.25) is 10.0 Å². The molecule has 2 atom stereocenters. The molecule has 2 unspecified atom stereocenters. The monoisotopic (exact) mass is 458 g/mol. The third-order valence-corrected chi connectivity index (χ3v) is 8.16. The van der Waals surface area contributed by atoms with E-state index in [4.69, 9.17) is 9.47 Å². The summed E-state index contributed by atoms with van der Waals surface area (Å²) in [6.45, 7) is 1.24. The quantitative estimate of drug-likeness (QED) is 0.664. The van der Waals surface area contributed by atoms with Gasteiger partial charge in [-0.15, -0.1) is 0 Å². The number of fused-ring (bicyclic) bond motifs is 1. The fourth-order valence-electron chi connectivity index (χ4n) is 4.62. The predicted octanol–water partition coefficient (Wildman–Crippen LogP) is 3.30. The van der Waals surface area contributed by atoms with Crippen LogP contribution in [0, 0.1) is 0 Å². The molecule has 32 heavy (non-hydrogen) atoms. The minimum atomic E-state index is -3.88. The normalized spacial score (nSPS) is 21.3. The van der Waals surface area contributed by atoms with Crippen molar-refractivity contribution in [1.82, 2.24) is 9.21 Å². The fourth-order valence-corrected chi connectivity index (χ4v) is 5.96. The standard InChI is InChI=1S/C24H30N2O5S/c1-25(17-18-8-4-3-5-9-18)32(28,29)23-16-19(12-13-22(23)30-2)24(27)26-14-15-31-21-11-7-6-10-20(21)26/h3-5,8-9,12-13,16,20-21H,6-7,10-11,14-15,17H2,1-2H3. The molecule has 1 amide bonds. The van der Waals surface area contributed by atoms with E-state index in [1.807, 2.05) is 35.2 Å². The number of rotatable bonds is 6. The summed E-state index contributed by atoms with van der Waals surface area (Å²) in [5.74, 6) is 0.0639. The van der Waals surface area contributed by atoms with Crippen molar-refractivity contribution in [1.29, 1.82) is 0 Å². The minimum Gasteiger partial charge on any atom is -0.495 e. The number of carbonyl (C=O) groups is 1. The van der Waals surface area contributed by atoms with Crippen molar-refractivity contribution in [2.24, 2.45) is 0 Å². The SMILES string of the molecule is COc1ccc(C(=O)N2CCOC3CCCCC32)cc1S(=O)(=O)N(C)Cc1ccccc1. The van der Waals surface area contributed by atoms with Gasteiger partial charge in [-0.05, 0) is 36.6 Å². The molecule has 0 spiro atoms. The molecule has 0 bridgehead atoms. The second-order valence-electron chi connectivity index (χ2n) is 8.37. The van der Waals surface area contributed by atoms with Crippen LogP contribution in [0.1, 0.15) is 41.6 Å². The molecule has 0 radical (unpaired) electrons. The number of nitrogens with zero attached hydrogens (tertiary/aromatic N) is 2. The summed E-state index contributed by atoms with van der Waals surface area (Å²) in [7, 11) is -0.912. The molecule has 172 valence electrons. The van der Waals surface area contributed by atoms with Gasteiger partial charge in [0, 0.05) is 25.7 Å². The number of benzene rings is 2. The van der Waals surface area contributed by atoms with Gasteiger partial charge in [-0.3, -0.25) is 4.79 Å². The zero-order chi connectivity index (χ0) is 22.7. The topological polar surface area (TPSA) is 76.1 Å². The molecule has 0 N–H and O–H groups in total. The van der Waals surface area contributed by atoms with E-state index in [-0.39, 0.29) is 35.2 Å². The van der Waals surface area contributed by atoms with E-state index in [2.05, 4.69) is 0 Å². The van der Waals surface area contributed by atoms with E-state index in [0.717, 1.165) is 31.2 Å². The smallest absolute Gasteiger partial charge is 0.254 e. The van der Waals surface area contributed by atoms with Crippen LogP contribution in [0.25, 0.3) is 0 Å². The summed E-state index contributed by atoms with van der Waals surface area (Å²) >= 11 is 0. The van der Waals surface area contributed by atoms with Crippen LogP contribution in [-0.4, -0.2) is 63.0 Å². The highest BCUT2D eigenvalue weighted by Crippen LogP contribution is 2.32. The second kappa shape index (κ2) is 9.60. The molecule has 2 aromatic carbocycles. The van der Waals surface area contributed by atoms with Crippen LogP contribution in [0.2, 0.25) is 0 Å². The molecule has 2 aromatic rings. The number of carbonyl (C=O) groups excluding carboxylic acids is 1. The number of morpholine rings is 1. The molecule has 4 rings (SSSR count). The Hall–Kier alpha value is -2.42. The zero-order valence-electron chi connectivity index (χ0n) is 18.6. The lowest BCUT2D eigenvalue weighted by Crippen LogP contribution is -2.54. The Morgan fingerprint density at radius 3 is 2.66 bits per heavy atom. The van der Waals surface area contributed by atoms with Crippen molar-refractivity contribution in [2.75, 3.05) is 27.3 Å². The summed E-state index contributed by atoms with van der Waals surface area (Å²) in [5.41, 5.74) is 1.23. The maximum atomic E-state index is 13.4. The summed E-state index contributed by atoms with van der Waals surface area (Å²) < 4.78 is 39.3. The number of methoxy groups -OCH3 is 1. The zero-order valence-corrected chi connectivity index (χ0v) is 19.4. The average Bonchev–Trinajstić information content (AvgIpc) is 2.83. The van der Waals surface area contributed by atoms with Crippen LogP contribution < -0.4 is 4.74 Å². The summed E-state index contributed by atoms with van der Waals surface area (Å²) in [6.07, 6.45) is 4.13. The molecule has 1 saturated heterocycles. The van der Waals surface area contributed by atoms with Crippen LogP contribution in [0.5, 0.6) is 5.75 Å². The molecule has 1 heterocycles. The van der Waals surface area contributed by atoms with E-state index in [9.17, 15) is 13.2 Å². The first-order valence-corrected chi connectivity index (χ1v) is 12.5. The number of amides is 1. The molecule has 1 aliphatic heterocycles. The van der Waals surface area contributed by atoms with Gasteiger partial charge in [-0.25, -0.2) is 8.42 Å². The average molecular weight is 459 g/mol. The number of hydrogen-bond acceptors (Lipinski definition) is 5. The van der Waals surface area contributed by atoms with Gasteiger partial charge in [0.1, 0.15) is 10.6 Å². The van der Waals surface area contributed by atoms with Crippen LogP contribution in [0.15, 0.2) is 53.4 Å². The van der Waals surface area contributed by atoms with E-state index in [1.165, 1.54) is 24.5 Å². The summed E-state index contributed by atoms with van der Waals surface area (Å²) in [4.78, 5) is 15.3. The molecule has 1 aliphatic carbocycles. The van der Waals surface area contributed by atoms with Crippen molar-refractivity contribution < 1.29 is 22.7 Å². The molecular weight excluding hydrogens is 428 g/mol. The lowest BCUT2D eigenvalue weighted by Gasteiger charge is -2.43. The van der Waals surface area contributed by atoms with Crippen LogP contribution in [0.3, 0.4) is 0 Å². The Morgan fingerprint density at radius 1 is 1.16 bits per heavy atom. The van der Waals surface area contributed by atoms with Crippen molar-refractivity contribution >= 4 is 15.9 Å². The molecule has 2 aliphatic rings. The molecule has 0 aromatic heterocycles. The third kappa shape index (κ3) is 4.53. The molecule has 1 saturated carbocycles. The first-order chi connectivity index (χ1) is 15.4. The van der Waals surface area contributed by atoms with Gasteiger partial charge < -0.3 is 14.4 Å². The maximum Gasteiger partial charge on any atom is 0.254 e. The fraction of sp³-hybridized carbons (Fsp3) is 0.458. The van der Waals surface area contributed by atoms with Gasteiger partial charge in [0.25, 0.3) is 5.91 Å². The Kier molecular flexibility index (Phi) is 6.83. The third-order valence-electron chi connectivity index (χ3n) is 6.34. The van der Waals surface area contributed by atoms with E-state index in [1.54, 1.807) is 12.1 Å². The van der Waals surface area contributed by atoms with E-state index >= 15 is 0 Å². The lowest BCUT2D eigenvalue weighted by molar-refractivity contribution is -0.0752. The van der Waals surface area contributed by atoms with Crippen molar-refractivity contribution in [3.63, 3.8) is 0 Å². The lowest BCUT2D eigenvalue weighted by atomic mass is 9.89. The van der Waals surface area contributed by atoms with Crippen molar-refractivity contribution in [3.05, 3.63) is 59.7 Å². The highest BCUT2D eigenvalue weighted by molar-refractivity contribution is 7.89. The highest BCUT2D eigenvalue weighted by atomic mass is 32.2. The van der Waals surface area contributed by atoms with Crippen LogP contribution in [-0.2, 0) is 21.3 Å². The molecule has 7 nitrogen and oxygen atoms in total. The Balaban J connectivity index is 1.62. The van der Waals surface area contributed by atoms with Gasteiger partial charge in [-0.2, -0.15) is 4.31 Å². The Morgan fingerprint density at radius 2 is 1.91 bits per heavy atom. The number of ether oxygens (including phenoxy) is 2. The Labute approximate surface area is 190 Å². The van der Waals surface area contributed by atoms with Crippen molar-refractivity contribution in [2.45, 2.75) is 49.3 Å². The van der Waals surface area contributed by atoms with E-state index < -0.39 is 10.0 Å². The number of sulfonamides is 1. The first kappa shape index (κ1) is 22.8. The van der Waals surface area contributed by atoms with Gasteiger partial charge in [-0.1, -0.05) is 43.2 Å². The molecule has 2 fully saturated rings. The van der Waals surface area contributed by atoms with E-state index in [0.29, 0.717) is 18.7 Å².